The smallest absolute Gasteiger partial charge is 0.259 e. The molecule has 7 heteroatoms. The van der Waals surface area contributed by atoms with Crippen LogP contribution in [-0.4, -0.2) is 24.5 Å². The summed E-state index contributed by atoms with van der Waals surface area (Å²) in [6.45, 7) is 0.379. The van der Waals surface area contributed by atoms with E-state index in [0.717, 1.165) is 19.3 Å². The first-order chi connectivity index (χ1) is 8.06. The lowest BCUT2D eigenvalue weighted by Crippen LogP contribution is -2.25. The zero-order valence-corrected chi connectivity index (χ0v) is 10.6. The van der Waals surface area contributed by atoms with Gasteiger partial charge in [0.2, 0.25) is 0 Å². The molecule has 0 unspecified atom stereocenters. The second kappa shape index (κ2) is 6.37. The molecule has 0 atom stereocenters. The van der Waals surface area contributed by atoms with Gasteiger partial charge in [0, 0.05) is 26.2 Å². The van der Waals surface area contributed by atoms with Crippen LogP contribution in [0.1, 0.15) is 25.7 Å². The van der Waals surface area contributed by atoms with E-state index < -0.39 is 10.0 Å². The number of nitriles is 1. The number of aromatic nitrogens is 2. The van der Waals surface area contributed by atoms with Crippen molar-refractivity contribution in [1.29, 1.82) is 5.26 Å². The Kier molecular flexibility index (Phi) is 5.12. The molecule has 1 aromatic rings. The molecular weight excluding hydrogens is 240 g/mol. The van der Waals surface area contributed by atoms with Gasteiger partial charge in [0.05, 0.1) is 12.4 Å². The normalized spacial score (nSPS) is 11.3. The molecule has 0 aromatic carbocycles. The van der Waals surface area contributed by atoms with E-state index in [9.17, 15) is 8.42 Å². The Balaban J connectivity index is 2.34. The highest BCUT2D eigenvalue weighted by atomic mass is 32.2. The predicted octanol–water partition coefficient (Wildman–Crippen LogP) is 0.782. The third-order valence-corrected chi connectivity index (χ3v) is 3.56. The molecule has 0 fully saturated rings. The van der Waals surface area contributed by atoms with E-state index in [1.54, 1.807) is 11.6 Å². The van der Waals surface area contributed by atoms with Crippen LogP contribution in [0.5, 0.6) is 0 Å². The van der Waals surface area contributed by atoms with E-state index in [-0.39, 0.29) is 5.03 Å². The zero-order valence-electron chi connectivity index (χ0n) is 9.76. The van der Waals surface area contributed by atoms with Crippen LogP contribution >= 0.6 is 0 Å². The Morgan fingerprint density at radius 3 is 2.82 bits per heavy atom. The van der Waals surface area contributed by atoms with Crippen molar-refractivity contribution >= 4 is 10.0 Å². The lowest BCUT2D eigenvalue weighted by atomic mass is 10.2. The van der Waals surface area contributed by atoms with Crippen molar-refractivity contribution in [2.75, 3.05) is 6.54 Å². The summed E-state index contributed by atoms with van der Waals surface area (Å²) in [5.74, 6) is 0. The highest BCUT2D eigenvalue weighted by Gasteiger charge is 2.15. The summed E-state index contributed by atoms with van der Waals surface area (Å²) in [5.41, 5.74) is 0. The van der Waals surface area contributed by atoms with Gasteiger partial charge in [-0.15, -0.1) is 0 Å². The Labute approximate surface area is 101 Å². The zero-order chi connectivity index (χ0) is 12.7. The van der Waals surface area contributed by atoms with Gasteiger partial charge in [-0.3, -0.25) is 0 Å². The minimum Gasteiger partial charge on any atom is -0.339 e. The summed E-state index contributed by atoms with van der Waals surface area (Å²) in [5, 5.41) is 8.37. The number of sulfonamides is 1. The van der Waals surface area contributed by atoms with E-state index in [1.807, 2.05) is 0 Å². The summed E-state index contributed by atoms with van der Waals surface area (Å²) in [7, 11) is -1.76. The van der Waals surface area contributed by atoms with Crippen LogP contribution in [0.25, 0.3) is 0 Å². The van der Waals surface area contributed by atoms with Crippen LogP contribution in [0, 0.1) is 11.3 Å². The molecular formula is C10H16N4O2S. The fourth-order valence-corrected chi connectivity index (χ4v) is 2.37. The van der Waals surface area contributed by atoms with Crippen LogP contribution in [0.15, 0.2) is 17.6 Å². The van der Waals surface area contributed by atoms with Crippen molar-refractivity contribution in [3.05, 3.63) is 12.5 Å². The molecule has 6 nitrogen and oxygen atoms in total. The van der Waals surface area contributed by atoms with Crippen LogP contribution in [0.4, 0.5) is 0 Å². The van der Waals surface area contributed by atoms with Gasteiger partial charge in [0.25, 0.3) is 10.0 Å². The maximum Gasteiger partial charge on any atom is 0.259 e. The second-order valence-corrected chi connectivity index (χ2v) is 5.46. The fraction of sp³-hybridized carbons (Fsp3) is 0.600. The van der Waals surface area contributed by atoms with Crippen LogP contribution in [-0.2, 0) is 17.1 Å². The van der Waals surface area contributed by atoms with Crippen LogP contribution in [0.3, 0.4) is 0 Å². The average molecular weight is 256 g/mol. The van der Waals surface area contributed by atoms with E-state index in [0.29, 0.717) is 13.0 Å². The molecule has 1 aromatic heterocycles. The van der Waals surface area contributed by atoms with Gasteiger partial charge >= 0.3 is 0 Å². The lowest BCUT2D eigenvalue weighted by molar-refractivity contribution is 0.571. The molecule has 0 saturated carbocycles. The molecule has 0 aliphatic heterocycles. The summed E-state index contributed by atoms with van der Waals surface area (Å²) in [4.78, 5) is 3.79. The van der Waals surface area contributed by atoms with Crippen molar-refractivity contribution in [3.8, 4) is 6.07 Å². The largest absolute Gasteiger partial charge is 0.339 e. The topological polar surface area (TPSA) is 87.8 Å². The van der Waals surface area contributed by atoms with Crippen molar-refractivity contribution in [2.45, 2.75) is 30.7 Å². The second-order valence-electron chi connectivity index (χ2n) is 3.74. The minimum absolute atomic E-state index is 0.0389. The number of aryl methyl sites for hydroxylation is 1. The highest BCUT2D eigenvalue weighted by Crippen LogP contribution is 2.04. The number of hydrogen-bond donors (Lipinski definition) is 1. The Morgan fingerprint density at radius 1 is 1.47 bits per heavy atom. The number of imidazole rings is 1. The molecule has 0 aliphatic carbocycles. The first-order valence-electron chi connectivity index (χ1n) is 5.41. The van der Waals surface area contributed by atoms with Crippen molar-refractivity contribution in [3.63, 3.8) is 0 Å². The van der Waals surface area contributed by atoms with Crippen LogP contribution in [0.2, 0.25) is 0 Å². The standard InChI is InChI=1S/C10H16N4O2S/c1-14-8-10(12-9-14)17(15,16)13-7-5-3-2-4-6-11/h8-9,13H,2-5,7H2,1H3. The van der Waals surface area contributed by atoms with E-state index >= 15 is 0 Å². The number of hydrogen-bond acceptors (Lipinski definition) is 4. The SMILES string of the molecule is Cn1cnc(S(=O)(=O)NCCCCCC#N)c1. The van der Waals surface area contributed by atoms with Crippen molar-refractivity contribution < 1.29 is 8.42 Å². The molecule has 0 saturated heterocycles. The maximum atomic E-state index is 11.7. The summed E-state index contributed by atoms with van der Waals surface area (Å²) >= 11 is 0. The molecule has 17 heavy (non-hydrogen) atoms. The van der Waals surface area contributed by atoms with Crippen molar-refractivity contribution in [2.24, 2.45) is 7.05 Å². The van der Waals surface area contributed by atoms with Gasteiger partial charge < -0.3 is 4.57 Å². The quantitative estimate of drug-likeness (QED) is 0.730. The van der Waals surface area contributed by atoms with E-state index in [4.69, 9.17) is 5.26 Å². The van der Waals surface area contributed by atoms with Gasteiger partial charge in [0.1, 0.15) is 0 Å². The number of nitrogens with one attached hydrogen (secondary N) is 1. The molecule has 94 valence electrons. The molecule has 0 radical (unpaired) electrons. The van der Waals surface area contributed by atoms with E-state index in [2.05, 4.69) is 15.8 Å². The molecule has 0 spiro atoms. The van der Waals surface area contributed by atoms with Gasteiger partial charge in [-0.2, -0.15) is 5.26 Å². The van der Waals surface area contributed by atoms with Gasteiger partial charge in [-0.1, -0.05) is 6.42 Å². The Bertz CT molecular complexity index is 487. The first-order valence-corrected chi connectivity index (χ1v) is 6.89. The third-order valence-electron chi connectivity index (χ3n) is 2.21. The summed E-state index contributed by atoms with van der Waals surface area (Å²) in [6, 6.07) is 2.05. The number of rotatable bonds is 7. The fourth-order valence-electron chi connectivity index (χ4n) is 1.31. The number of nitrogens with zero attached hydrogens (tertiary/aromatic N) is 3. The molecule has 1 heterocycles. The molecule has 1 rings (SSSR count). The number of unbranched alkanes of at least 4 members (excludes halogenated alkanes) is 3. The van der Waals surface area contributed by atoms with Crippen LogP contribution < -0.4 is 4.72 Å². The predicted molar refractivity (Wildman–Crippen MR) is 62.5 cm³/mol. The van der Waals surface area contributed by atoms with Gasteiger partial charge in [-0.05, 0) is 12.8 Å². The molecule has 0 aliphatic rings. The third kappa shape index (κ3) is 4.54. The van der Waals surface area contributed by atoms with Crippen molar-refractivity contribution in [1.82, 2.24) is 14.3 Å². The molecule has 0 amide bonds. The van der Waals surface area contributed by atoms with Gasteiger partial charge in [0.15, 0.2) is 5.03 Å². The molecule has 1 N–H and O–H groups in total. The molecule has 0 bridgehead atoms. The summed E-state index contributed by atoms with van der Waals surface area (Å²) < 4.78 is 27.5. The van der Waals surface area contributed by atoms with Gasteiger partial charge in [-0.25, -0.2) is 18.1 Å². The van der Waals surface area contributed by atoms with E-state index in [1.165, 1.54) is 12.5 Å². The Hall–Kier alpha value is -1.39. The summed E-state index contributed by atoms with van der Waals surface area (Å²) in [6.07, 6.45) is 5.81. The maximum absolute atomic E-state index is 11.7. The Morgan fingerprint density at radius 2 is 2.24 bits per heavy atom. The average Bonchev–Trinajstić information content (AvgIpc) is 2.71. The lowest BCUT2D eigenvalue weighted by Gasteiger charge is -2.03. The first kappa shape index (κ1) is 13.7. The monoisotopic (exact) mass is 256 g/mol. The minimum atomic E-state index is -3.48. The highest BCUT2D eigenvalue weighted by molar-refractivity contribution is 7.89.